The third-order valence-electron chi connectivity index (χ3n) is 2.40. The molecule has 4 nitrogen and oxygen atoms in total. The zero-order valence-corrected chi connectivity index (χ0v) is 11.4. The Labute approximate surface area is 119 Å². The monoisotopic (exact) mass is 297 g/mol. The molecular weight excluding hydrogens is 289 g/mol. The molecule has 1 aromatic heterocycles. The molecule has 1 N–H and O–H groups in total. The maximum Gasteiger partial charge on any atom is 0.360 e. The summed E-state index contributed by atoms with van der Waals surface area (Å²) in [6.45, 7) is 1.44. The summed E-state index contributed by atoms with van der Waals surface area (Å²) in [6, 6.07) is 7.72. The first-order chi connectivity index (χ1) is 8.97. The highest BCUT2D eigenvalue weighted by Gasteiger charge is 2.14. The zero-order chi connectivity index (χ0) is 14.0. The third-order valence-corrected chi connectivity index (χ3v) is 3.09. The minimum Gasteiger partial charge on any atom is -0.422 e. The Morgan fingerprint density at radius 1 is 1.21 bits per heavy atom. The molecule has 2 aromatic rings. The largest absolute Gasteiger partial charge is 0.422 e. The number of nitrogens with one attached hydrogen (secondary N) is 1. The van der Waals surface area contributed by atoms with Gasteiger partial charge in [0.1, 0.15) is 16.6 Å². The van der Waals surface area contributed by atoms with Crippen LogP contribution in [0.4, 0.5) is 0 Å². The van der Waals surface area contributed by atoms with Gasteiger partial charge in [0.15, 0.2) is 5.78 Å². The molecule has 6 heteroatoms. The van der Waals surface area contributed by atoms with Crippen molar-refractivity contribution in [3.05, 3.63) is 51.8 Å². The lowest BCUT2D eigenvalue weighted by Gasteiger charge is -2.03. The van der Waals surface area contributed by atoms with Crippen LogP contribution in [-0.4, -0.2) is 16.7 Å². The molecule has 0 saturated heterocycles. The van der Waals surface area contributed by atoms with Crippen molar-refractivity contribution in [3.63, 3.8) is 0 Å². The summed E-state index contributed by atoms with van der Waals surface area (Å²) in [7, 11) is 0. The van der Waals surface area contributed by atoms with E-state index in [1.807, 2.05) is 0 Å². The average Bonchev–Trinajstić information content (AvgIpc) is 2.70. The number of ketones is 1. The maximum absolute atomic E-state index is 11.8. The Morgan fingerprint density at radius 3 is 2.53 bits per heavy atom. The Hall–Kier alpha value is -1.78. The molecule has 98 valence electrons. The molecule has 0 unspecified atom stereocenters. The highest BCUT2D eigenvalue weighted by Crippen LogP contribution is 2.23. The number of hydrogen-bond acceptors (Lipinski definition) is 3. The van der Waals surface area contributed by atoms with Crippen molar-refractivity contribution >= 4 is 35.0 Å². The first-order valence-corrected chi connectivity index (χ1v) is 6.10. The molecule has 0 atom stereocenters. The number of rotatable bonds is 3. The van der Waals surface area contributed by atoms with Gasteiger partial charge in [-0.15, -0.1) is 0 Å². The molecule has 1 heterocycles. The number of esters is 1. The second kappa shape index (κ2) is 5.47. The van der Waals surface area contributed by atoms with Crippen molar-refractivity contribution in [2.45, 2.75) is 6.92 Å². The predicted molar refractivity (Wildman–Crippen MR) is 72.2 cm³/mol. The lowest BCUT2D eigenvalue weighted by molar-refractivity contribution is 0.0728. The number of H-pyrrole nitrogens is 1. The molecular formula is C13H9Cl2NO3. The van der Waals surface area contributed by atoms with Crippen LogP contribution in [0.3, 0.4) is 0 Å². The Kier molecular flexibility index (Phi) is 3.93. The summed E-state index contributed by atoms with van der Waals surface area (Å²) >= 11 is 11.4. The number of carbonyl (C=O) groups excluding carboxylic acids is 2. The topological polar surface area (TPSA) is 59.2 Å². The van der Waals surface area contributed by atoms with Gasteiger partial charge >= 0.3 is 5.97 Å². The van der Waals surface area contributed by atoms with E-state index in [9.17, 15) is 9.59 Å². The van der Waals surface area contributed by atoms with Gasteiger partial charge in [-0.25, -0.2) is 4.79 Å². The number of benzene rings is 1. The van der Waals surface area contributed by atoms with E-state index < -0.39 is 5.97 Å². The number of carbonyl (C=O) groups is 2. The van der Waals surface area contributed by atoms with Gasteiger partial charge in [-0.05, 0) is 25.1 Å². The Balaban J connectivity index is 2.19. The van der Waals surface area contributed by atoms with Gasteiger partial charge in [0.25, 0.3) is 0 Å². The summed E-state index contributed by atoms with van der Waals surface area (Å²) in [4.78, 5) is 25.6. The number of aromatic nitrogens is 1. The minimum absolute atomic E-state index is 0.108. The van der Waals surface area contributed by atoms with E-state index in [0.717, 1.165) is 0 Å². The van der Waals surface area contributed by atoms with Gasteiger partial charge in [-0.2, -0.15) is 0 Å². The molecule has 0 bridgehead atoms. The van der Waals surface area contributed by atoms with E-state index >= 15 is 0 Å². The summed E-state index contributed by atoms with van der Waals surface area (Å²) in [5.41, 5.74) is 0.607. The quantitative estimate of drug-likeness (QED) is 0.533. The maximum atomic E-state index is 11.8. The van der Waals surface area contributed by atoms with Crippen molar-refractivity contribution in [1.29, 1.82) is 0 Å². The normalized spacial score (nSPS) is 10.3. The van der Waals surface area contributed by atoms with E-state index in [1.165, 1.54) is 19.1 Å². The molecule has 19 heavy (non-hydrogen) atoms. The lowest BCUT2D eigenvalue weighted by atomic mass is 10.1. The summed E-state index contributed by atoms with van der Waals surface area (Å²) in [5.74, 6) is -0.460. The Morgan fingerprint density at radius 2 is 1.95 bits per heavy atom. The van der Waals surface area contributed by atoms with Gasteiger partial charge in [0.2, 0.25) is 0 Å². The number of hydrogen-bond donors (Lipinski definition) is 1. The summed E-state index contributed by atoms with van der Waals surface area (Å²) < 4.78 is 5.12. The van der Waals surface area contributed by atoms with Crippen LogP contribution in [-0.2, 0) is 0 Å². The molecule has 0 saturated carbocycles. The van der Waals surface area contributed by atoms with Gasteiger partial charge in [-0.3, -0.25) is 4.79 Å². The molecule has 0 spiro atoms. The number of aromatic amines is 1. The first-order valence-electron chi connectivity index (χ1n) is 5.34. The van der Waals surface area contributed by atoms with Crippen LogP contribution in [0.15, 0.2) is 30.3 Å². The van der Waals surface area contributed by atoms with Crippen LogP contribution in [0.25, 0.3) is 0 Å². The fraction of sp³-hybridized carbons (Fsp3) is 0.0769. The minimum atomic E-state index is -0.630. The van der Waals surface area contributed by atoms with Crippen molar-refractivity contribution < 1.29 is 14.3 Å². The van der Waals surface area contributed by atoms with Crippen molar-refractivity contribution in [1.82, 2.24) is 4.98 Å². The van der Waals surface area contributed by atoms with Gasteiger partial charge < -0.3 is 9.72 Å². The van der Waals surface area contributed by atoms with E-state index in [1.54, 1.807) is 18.2 Å². The standard InChI is InChI=1S/C13H9Cl2NO3/c1-7(17)8-3-2-4-9(5-8)19-13(18)11-6-10(14)12(15)16-11/h2-6,16H,1H3. The summed E-state index contributed by atoms with van der Waals surface area (Å²) in [6.07, 6.45) is 0. The first kappa shape index (κ1) is 13.6. The van der Waals surface area contributed by atoms with Crippen LogP contribution in [0.2, 0.25) is 10.2 Å². The molecule has 0 radical (unpaired) electrons. The number of ether oxygens (including phenoxy) is 1. The average molecular weight is 298 g/mol. The molecule has 2 rings (SSSR count). The number of halogens is 2. The Bertz CT molecular complexity index is 630. The molecule has 0 aliphatic carbocycles. The highest BCUT2D eigenvalue weighted by molar-refractivity contribution is 6.41. The van der Waals surface area contributed by atoms with E-state index in [-0.39, 0.29) is 27.4 Å². The lowest BCUT2D eigenvalue weighted by Crippen LogP contribution is -2.09. The third kappa shape index (κ3) is 3.16. The zero-order valence-electron chi connectivity index (χ0n) is 9.87. The van der Waals surface area contributed by atoms with Crippen LogP contribution in [0, 0.1) is 0 Å². The van der Waals surface area contributed by atoms with Gasteiger partial charge in [0, 0.05) is 5.56 Å². The molecule has 0 aliphatic heterocycles. The van der Waals surface area contributed by atoms with Crippen LogP contribution in [0.1, 0.15) is 27.8 Å². The second-order valence-corrected chi connectivity index (χ2v) is 4.60. The summed E-state index contributed by atoms with van der Waals surface area (Å²) in [5, 5.41) is 0.414. The molecule has 0 aliphatic rings. The van der Waals surface area contributed by atoms with Crippen molar-refractivity contribution in [2.24, 2.45) is 0 Å². The molecule has 1 aromatic carbocycles. The predicted octanol–water partition coefficient (Wildman–Crippen LogP) is 3.74. The van der Waals surface area contributed by atoms with E-state index in [4.69, 9.17) is 27.9 Å². The SMILES string of the molecule is CC(=O)c1cccc(OC(=O)c2cc(Cl)c(Cl)[nH]2)c1. The van der Waals surface area contributed by atoms with Crippen LogP contribution >= 0.6 is 23.2 Å². The van der Waals surface area contributed by atoms with E-state index in [0.29, 0.717) is 5.56 Å². The fourth-order valence-electron chi connectivity index (χ4n) is 1.45. The van der Waals surface area contributed by atoms with Gasteiger partial charge in [-0.1, -0.05) is 35.3 Å². The molecule has 0 fully saturated rings. The molecule has 0 amide bonds. The van der Waals surface area contributed by atoms with E-state index in [2.05, 4.69) is 4.98 Å². The highest BCUT2D eigenvalue weighted by atomic mass is 35.5. The fourth-order valence-corrected chi connectivity index (χ4v) is 1.77. The second-order valence-electron chi connectivity index (χ2n) is 3.82. The van der Waals surface area contributed by atoms with Crippen molar-refractivity contribution in [3.8, 4) is 5.75 Å². The van der Waals surface area contributed by atoms with Crippen LogP contribution in [0.5, 0.6) is 5.75 Å². The van der Waals surface area contributed by atoms with Crippen LogP contribution < -0.4 is 4.74 Å². The van der Waals surface area contributed by atoms with Crippen molar-refractivity contribution in [2.75, 3.05) is 0 Å². The van der Waals surface area contributed by atoms with Gasteiger partial charge in [0.05, 0.1) is 5.02 Å². The smallest absolute Gasteiger partial charge is 0.360 e. The number of Topliss-reactive ketones (excluding diaryl/α,β-unsaturated/α-hetero) is 1.